The average molecular weight is 588 g/mol. The molecule has 1 N–H and O–H groups in total. The van der Waals surface area contributed by atoms with Gasteiger partial charge in [0.25, 0.3) is 17.7 Å². The first-order chi connectivity index (χ1) is 19.8. The van der Waals surface area contributed by atoms with Crippen molar-refractivity contribution in [3.8, 4) is 11.3 Å². The van der Waals surface area contributed by atoms with Crippen molar-refractivity contribution in [3.05, 3.63) is 78.4 Å². The number of hydrogen-bond donors (Lipinski definition) is 1. The Morgan fingerprint density at radius 1 is 0.905 bits per heavy atom. The molecule has 0 spiro atoms. The molecule has 13 heteroatoms. The van der Waals surface area contributed by atoms with E-state index in [0.717, 1.165) is 12.1 Å². The molecule has 5 rings (SSSR count). The second-order valence-electron chi connectivity index (χ2n) is 10.3. The first kappa shape index (κ1) is 29.0. The summed E-state index contributed by atoms with van der Waals surface area (Å²) < 4.78 is 67.6. The summed E-state index contributed by atoms with van der Waals surface area (Å²) in [6.07, 6.45) is -3.73. The molecule has 2 aliphatic heterocycles. The minimum atomic E-state index is -4.52. The minimum absolute atomic E-state index is 0.0957. The predicted octanol–water partition coefficient (Wildman–Crippen LogP) is 4.79. The van der Waals surface area contributed by atoms with Gasteiger partial charge in [-0.1, -0.05) is 37.4 Å². The van der Waals surface area contributed by atoms with Gasteiger partial charge in [-0.2, -0.15) is 18.3 Å². The van der Waals surface area contributed by atoms with Gasteiger partial charge < -0.3 is 15.1 Å². The molecule has 220 valence electrons. The van der Waals surface area contributed by atoms with Crippen molar-refractivity contribution < 1.29 is 36.3 Å². The average Bonchev–Trinajstić information content (AvgIpc) is 3.31. The molecular formula is C29H26F5N5O3. The number of nitrogens with one attached hydrogen (secondary N) is 1. The summed E-state index contributed by atoms with van der Waals surface area (Å²) in [4.78, 5) is 40.3. The van der Waals surface area contributed by atoms with E-state index in [1.54, 1.807) is 27.8 Å². The number of aromatic nitrogens is 2. The number of hydrogen-bond acceptors (Lipinski definition) is 4. The Balaban J connectivity index is 1.48. The number of para-hydroxylation sites is 1. The van der Waals surface area contributed by atoms with Gasteiger partial charge >= 0.3 is 6.18 Å². The highest BCUT2D eigenvalue weighted by molar-refractivity contribution is 6.09. The first-order valence-electron chi connectivity index (χ1n) is 13.1. The molecule has 0 unspecified atom stereocenters. The van der Waals surface area contributed by atoms with Crippen LogP contribution in [0.4, 0.5) is 22.0 Å². The molecule has 42 heavy (non-hydrogen) atoms. The molecule has 8 nitrogen and oxygen atoms in total. The fourth-order valence-electron chi connectivity index (χ4n) is 5.27. The number of carbonyl (C=O) groups excluding carboxylic acids is 3. The lowest BCUT2D eigenvalue weighted by Gasteiger charge is -2.39. The van der Waals surface area contributed by atoms with E-state index >= 15 is 0 Å². The molecule has 2 aliphatic rings. The topological polar surface area (TPSA) is 87.5 Å². The van der Waals surface area contributed by atoms with E-state index in [1.165, 1.54) is 17.0 Å². The second kappa shape index (κ2) is 11.0. The van der Waals surface area contributed by atoms with Crippen LogP contribution in [0, 0.1) is 0 Å². The molecule has 2 saturated heterocycles. The molecule has 2 aromatic carbocycles. The van der Waals surface area contributed by atoms with E-state index in [0.29, 0.717) is 35.0 Å². The first-order valence-corrected chi connectivity index (χ1v) is 13.1. The summed E-state index contributed by atoms with van der Waals surface area (Å²) in [6.45, 7) is 6.77. The molecule has 0 atom stereocenters. The van der Waals surface area contributed by atoms with E-state index in [9.17, 15) is 36.3 Å². The number of benzene rings is 2. The lowest BCUT2D eigenvalue weighted by Crippen LogP contribution is -2.51. The van der Waals surface area contributed by atoms with Gasteiger partial charge in [0.15, 0.2) is 11.7 Å². The van der Waals surface area contributed by atoms with Crippen LogP contribution in [0.3, 0.4) is 0 Å². The molecule has 2 fully saturated rings. The van der Waals surface area contributed by atoms with E-state index < -0.39 is 41.2 Å². The summed E-state index contributed by atoms with van der Waals surface area (Å²) in [5.41, 5.74) is 0.642. The van der Waals surface area contributed by atoms with Crippen molar-refractivity contribution in [1.82, 2.24) is 24.9 Å². The SMILES string of the molecule is C=C(F)C(=O)NC1CCN(C(=O)c2cccc3c(-c4ccc(C(F)(F)F)cc4)nn(C4CN(C(=O)C(=C)F)C4)c23)CC1. The zero-order valence-electron chi connectivity index (χ0n) is 22.3. The summed E-state index contributed by atoms with van der Waals surface area (Å²) in [7, 11) is 0. The number of rotatable bonds is 6. The highest BCUT2D eigenvalue weighted by Crippen LogP contribution is 2.37. The van der Waals surface area contributed by atoms with Crippen LogP contribution in [-0.4, -0.2) is 69.5 Å². The lowest BCUT2D eigenvalue weighted by atomic mass is 10.0. The van der Waals surface area contributed by atoms with Gasteiger partial charge in [0.2, 0.25) is 0 Å². The second-order valence-corrected chi connectivity index (χ2v) is 10.3. The monoisotopic (exact) mass is 587 g/mol. The number of nitrogens with zero attached hydrogens (tertiary/aromatic N) is 4. The summed E-state index contributed by atoms with van der Waals surface area (Å²) in [5, 5.41) is 7.74. The van der Waals surface area contributed by atoms with E-state index in [2.05, 4.69) is 23.6 Å². The van der Waals surface area contributed by atoms with Crippen molar-refractivity contribution in [2.24, 2.45) is 0 Å². The van der Waals surface area contributed by atoms with E-state index in [4.69, 9.17) is 0 Å². The summed E-state index contributed by atoms with van der Waals surface area (Å²) in [5.74, 6) is -4.27. The van der Waals surface area contributed by atoms with Gasteiger partial charge in [0.05, 0.1) is 22.7 Å². The van der Waals surface area contributed by atoms with Gasteiger partial charge in [0, 0.05) is 43.2 Å². The van der Waals surface area contributed by atoms with Crippen molar-refractivity contribution >= 4 is 28.6 Å². The van der Waals surface area contributed by atoms with Crippen LogP contribution in [0.15, 0.2) is 67.3 Å². The molecule has 0 saturated carbocycles. The molecular weight excluding hydrogens is 561 g/mol. The fourth-order valence-corrected chi connectivity index (χ4v) is 5.27. The zero-order valence-corrected chi connectivity index (χ0v) is 22.3. The number of piperidine rings is 1. The smallest absolute Gasteiger partial charge is 0.347 e. The van der Waals surface area contributed by atoms with Crippen LogP contribution in [0.5, 0.6) is 0 Å². The fraction of sp³-hybridized carbons (Fsp3) is 0.310. The van der Waals surface area contributed by atoms with Gasteiger partial charge in [-0.05, 0) is 31.0 Å². The van der Waals surface area contributed by atoms with Crippen molar-refractivity contribution in [3.63, 3.8) is 0 Å². The molecule has 3 heterocycles. The molecule has 3 amide bonds. The van der Waals surface area contributed by atoms with Crippen molar-refractivity contribution in [1.29, 1.82) is 0 Å². The van der Waals surface area contributed by atoms with Crippen molar-refractivity contribution in [2.75, 3.05) is 26.2 Å². The Morgan fingerprint density at radius 2 is 1.55 bits per heavy atom. The largest absolute Gasteiger partial charge is 0.416 e. The maximum absolute atomic E-state index is 13.8. The Bertz CT molecular complexity index is 1580. The standard InChI is InChI=1S/C29H26F5N5O3/c1-16(30)26(40)35-20-10-12-37(13-11-20)28(42)23-5-3-4-22-24(18-6-8-19(9-7-18)29(32,33)34)36-39(25(22)23)21-14-38(15-21)27(41)17(2)31/h3-9,20-21H,1-2,10-15H2,(H,35,40). The zero-order chi connectivity index (χ0) is 30.3. The highest BCUT2D eigenvalue weighted by atomic mass is 19.4. The Labute approximate surface area is 237 Å². The van der Waals surface area contributed by atoms with Gasteiger partial charge in [-0.25, -0.2) is 8.78 Å². The third kappa shape index (κ3) is 5.50. The number of carbonyl (C=O) groups is 3. The van der Waals surface area contributed by atoms with Crippen LogP contribution in [0.1, 0.15) is 34.8 Å². The Hall–Kier alpha value is -4.55. The van der Waals surface area contributed by atoms with E-state index in [-0.39, 0.29) is 43.7 Å². The number of halogens is 5. The Kier molecular flexibility index (Phi) is 7.60. The molecule has 0 aliphatic carbocycles. The number of amides is 3. The van der Waals surface area contributed by atoms with Crippen LogP contribution in [0.2, 0.25) is 0 Å². The van der Waals surface area contributed by atoms with Gasteiger partial charge in [-0.15, -0.1) is 0 Å². The maximum atomic E-state index is 13.8. The predicted molar refractivity (Wildman–Crippen MR) is 143 cm³/mol. The number of fused-ring (bicyclic) bond motifs is 1. The molecule has 3 aromatic rings. The van der Waals surface area contributed by atoms with Crippen LogP contribution in [-0.2, 0) is 15.8 Å². The third-order valence-corrected chi connectivity index (χ3v) is 7.54. The van der Waals surface area contributed by atoms with Crippen LogP contribution in [0.25, 0.3) is 22.2 Å². The maximum Gasteiger partial charge on any atom is 0.416 e. The lowest BCUT2D eigenvalue weighted by molar-refractivity contribution is -0.137. The minimum Gasteiger partial charge on any atom is -0.347 e. The quantitative estimate of drug-likeness (QED) is 0.332. The Morgan fingerprint density at radius 3 is 2.12 bits per heavy atom. The summed E-state index contributed by atoms with van der Waals surface area (Å²) >= 11 is 0. The van der Waals surface area contributed by atoms with Crippen LogP contribution < -0.4 is 5.32 Å². The van der Waals surface area contributed by atoms with Gasteiger partial charge in [-0.3, -0.25) is 19.1 Å². The van der Waals surface area contributed by atoms with Crippen molar-refractivity contribution in [2.45, 2.75) is 31.1 Å². The normalized spacial score (nSPS) is 16.3. The molecule has 0 bridgehead atoms. The van der Waals surface area contributed by atoms with E-state index in [1.807, 2.05) is 0 Å². The number of likely N-dealkylation sites (tertiary alicyclic amines) is 2. The van der Waals surface area contributed by atoms with Crippen LogP contribution >= 0.6 is 0 Å². The number of alkyl halides is 3. The third-order valence-electron chi connectivity index (χ3n) is 7.54. The highest BCUT2D eigenvalue weighted by Gasteiger charge is 2.37. The van der Waals surface area contributed by atoms with Gasteiger partial charge in [0.1, 0.15) is 5.69 Å². The molecule has 0 radical (unpaired) electrons. The summed E-state index contributed by atoms with van der Waals surface area (Å²) in [6, 6.07) is 8.73. The molecule has 1 aromatic heterocycles.